The van der Waals surface area contributed by atoms with Crippen molar-refractivity contribution < 1.29 is 0 Å². The zero-order valence-corrected chi connectivity index (χ0v) is 12.1. The molecule has 0 bridgehead atoms. The molecule has 0 unspecified atom stereocenters. The zero-order chi connectivity index (χ0) is 10.5. The Balaban J connectivity index is 3.89. The van der Waals surface area contributed by atoms with E-state index in [4.69, 9.17) is 0 Å². The van der Waals surface area contributed by atoms with E-state index in [1.807, 2.05) is 0 Å². The molecule has 0 heterocycles. The van der Waals surface area contributed by atoms with E-state index in [2.05, 4.69) is 46.0 Å². The molecular formula is C11H25NSi. The van der Waals surface area contributed by atoms with Gasteiger partial charge in [0.15, 0.2) is 0 Å². The van der Waals surface area contributed by atoms with Gasteiger partial charge in [-0.05, 0) is 24.9 Å². The summed E-state index contributed by atoms with van der Waals surface area (Å²) >= 11 is 0. The minimum absolute atomic E-state index is 0.466. The largest absolute Gasteiger partial charge is 0.314 e. The molecule has 0 aromatic heterocycles. The Morgan fingerprint density at radius 3 is 2.31 bits per heavy atom. The SMILES string of the molecule is CC=C(CCNC(C)C)C(C)(C)[SiH3]. The second-order valence-corrected chi connectivity index (χ2v) is 7.42. The molecule has 13 heavy (non-hydrogen) atoms. The van der Waals surface area contributed by atoms with E-state index in [9.17, 15) is 0 Å². The number of nitrogens with one attached hydrogen (secondary N) is 1. The first-order chi connectivity index (χ1) is 5.88. The van der Waals surface area contributed by atoms with Crippen LogP contribution >= 0.6 is 0 Å². The molecule has 0 saturated carbocycles. The highest BCUT2D eigenvalue weighted by molar-refractivity contribution is 6.16. The number of hydrogen-bond donors (Lipinski definition) is 1. The predicted octanol–water partition coefficient (Wildman–Crippen LogP) is 1.88. The van der Waals surface area contributed by atoms with Gasteiger partial charge >= 0.3 is 0 Å². The van der Waals surface area contributed by atoms with Crippen molar-refractivity contribution in [1.29, 1.82) is 0 Å². The summed E-state index contributed by atoms with van der Waals surface area (Å²) in [6.07, 6.45) is 3.49. The van der Waals surface area contributed by atoms with Crippen LogP contribution in [0.25, 0.3) is 0 Å². The predicted molar refractivity (Wildman–Crippen MR) is 65.5 cm³/mol. The minimum Gasteiger partial charge on any atom is -0.314 e. The molecule has 0 amide bonds. The summed E-state index contributed by atoms with van der Waals surface area (Å²) < 4.78 is 0. The van der Waals surface area contributed by atoms with Gasteiger partial charge in [-0.2, -0.15) is 0 Å². The lowest BCUT2D eigenvalue weighted by Gasteiger charge is -2.23. The lowest BCUT2D eigenvalue weighted by molar-refractivity contribution is 0.575. The fourth-order valence-corrected chi connectivity index (χ4v) is 1.99. The summed E-state index contributed by atoms with van der Waals surface area (Å²) in [5, 5.41) is 3.92. The van der Waals surface area contributed by atoms with Crippen molar-refractivity contribution >= 4 is 10.2 Å². The molecule has 0 aromatic carbocycles. The van der Waals surface area contributed by atoms with Crippen LogP contribution < -0.4 is 5.32 Å². The summed E-state index contributed by atoms with van der Waals surface area (Å²) in [6.45, 7) is 12.3. The Kier molecular flexibility index (Phi) is 5.57. The Morgan fingerprint density at radius 1 is 1.46 bits per heavy atom. The standard InChI is InChI=1S/C11H25NSi/c1-6-10(11(4,5)13)7-8-12-9(2)3/h6,9,12H,7-8H2,1-5,13H3. The Morgan fingerprint density at radius 2 is 2.00 bits per heavy atom. The average molecular weight is 199 g/mol. The lowest BCUT2D eigenvalue weighted by atomic mass is 9.98. The van der Waals surface area contributed by atoms with Crippen LogP contribution in [-0.4, -0.2) is 22.8 Å². The summed E-state index contributed by atoms with van der Waals surface area (Å²) in [4.78, 5) is 0. The van der Waals surface area contributed by atoms with Crippen LogP contribution in [0.2, 0.25) is 5.04 Å². The first-order valence-electron chi connectivity index (χ1n) is 5.27. The molecule has 0 aromatic rings. The van der Waals surface area contributed by atoms with E-state index < -0.39 is 0 Å². The van der Waals surface area contributed by atoms with E-state index in [0.29, 0.717) is 11.1 Å². The normalized spacial score (nSPS) is 14.2. The van der Waals surface area contributed by atoms with Gasteiger partial charge in [0.05, 0.1) is 0 Å². The van der Waals surface area contributed by atoms with E-state index >= 15 is 0 Å². The van der Waals surface area contributed by atoms with Crippen LogP contribution in [0.5, 0.6) is 0 Å². The molecule has 0 radical (unpaired) electrons. The Hall–Kier alpha value is -0.0831. The van der Waals surface area contributed by atoms with E-state index in [1.165, 1.54) is 16.7 Å². The second-order valence-electron chi connectivity index (χ2n) is 4.92. The molecule has 1 N–H and O–H groups in total. The molecule has 0 atom stereocenters. The van der Waals surface area contributed by atoms with Crippen LogP contribution in [0.1, 0.15) is 41.0 Å². The van der Waals surface area contributed by atoms with Gasteiger partial charge in [-0.15, -0.1) is 0 Å². The van der Waals surface area contributed by atoms with Crippen LogP contribution in [0.15, 0.2) is 11.6 Å². The number of hydrogen-bond acceptors (Lipinski definition) is 1. The maximum Gasteiger partial charge on any atom is 0.0151 e. The molecule has 0 aliphatic heterocycles. The fraction of sp³-hybridized carbons (Fsp3) is 0.818. The van der Waals surface area contributed by atoms with E-state index in [0.717, 1.165) is 6.54 Å². The molecular weight excluding hydrogens is 174 g/mol. The summed E-state index contributed by atoms with van der Waals surface area (Å²) in [5.74, 6) is 0. The third-order valence-electron chi connectivity index (χ3n) is 2.26. The first kappa shape index (κ1) is 12.9. The van der Waals surface area contributed by atoms with Crippen LogP contribution in [0.4, 0.5) is 0 Å². The summed E-state index contributed by atoms with van der Waals surface area (Å²) in [7, 11) is 1.24. The highest BCUT2D eigenvalue weighted by atomic mass is 28.1. The maximum absolute atomic E-state index is 3.46. The Labute approximate surface area is 86.4 Å². The lowest BCUT2D eigenvalue weighted by Crippen LogP contribution is -2.25. The van der Waals surface area contributed by atoms with Crippen LogP contribution in [-0.2, 0) is 0 Å². The molecule has 0 rings (SSSR count). The first-order valence-corrected chi connectivity index (χ1v) is 6.27. The van der Waals surface area contributed by atoms with Crippen molar-refractivity contribution in [2.24, 2.45) is 0 Å². The highest BCUT2D eigenvalue weighted by Gasteiger charge is 2.15. The van der Waals surface area contributed by atoms with Crippen molar-refractivity contribution in [2.45, 2.75) is 52.1 Å². The van der Waals surface area contributed by atoms with E-state index in [1.54, 1.807) is 5.57 Å². The van der Waals surface area contributed by atoms with Gasteiger partial charge in [-0.1, -0.05) is 39.3 Å². The van der Waals surface area contributed by atoms with Gasteiger partial charge in [0.1, 0.15) is 0 Å². The van der Waals surface area contributed by atoms with Gasteiger partial charge in [0, 0.05) is 16.3 Å². The molecule has 1 nitrogen and oxygen atoms in total. The van der Waals surface area contributed by atoms with Crippen molar-refractivity contribution in [3.63, 3.8) is 0 Å². The van der Waals surface area contributed by atoms with Crippen molar-refractivity contribution in [3.05, 3.63) is 11.6 Å². The monoisotopic (exact) mass is 199 g/mol. The zero-order valence-electron chi connectivity index (χ0n) is 10.1. The second kappa shape index (κ2) is 5.61. The van der Waals surface area contributed by atoms with Gasteiger partial charge in [-0.25, -0.2) is 0 Å². The van der Waals surface area contributed by atoms with Gasteiger partial charge in [-0.3, -0.25) is 0 Å². The van der Waals surface area contributed by atoms with Gasteiger partial charge in [0.25, 0.3) is 0 Å². The molecule has 0 spiro atoms. The maximum atomic E-state index is 3.46. The highest BCUT2D eigenvalue weighted by Crippen LogP contribution is 2.31. The third-order valence-corrected chi connectivity index (χ3v) is 2.90. The molecule has 78 valence electrons. The van der Waals surface area contributed by atoms with Crippen LogP contribution in [0, 0.1) is 0 Å². The van der Waals surface area contributed by atoms with Gasteiger partial charge < -0.3 is 5.32 Å². The van der Waals surface area contributed by atoms with Crippen molar-refractivity contribution in [1.82, 2.24) is 5.32 Å². The number of rotatable bonds is 5. The smallest absolute Gasteiger partial charge is 0.0151 e. The quantitative estimate of drug-likeness (QED) is 0.527. The van der Waals surface area contributed by atoms with Crippen molar-refractivity contribution in [2.75, 3.05) is 6.54 Å². The molecule has 2 heteroatoms. The molecule has 0 aliphatic rings. The molecule has 0 aliphatic carbocycles. The average Bonchev–Trinajstić information content (AvgIpc) is 1.95. The summed E-state index contributed by atoms with van der Waals surface area (Å²) in [5.41, 5.74) is 1.60. The molecule has 0 fully saturated rings. The third kappa shape index (κ3) is 6.05. The summed E-state index contributed by atoms with van der Waals surface area (Å²) in [6, 6.07) is 0.607. The minimum atomic E-state index is 0.466. The Bertz CT molecular complexity index is 165. The number of allylic oxidation sites excluding steroid dienone is 1. The fourth-order valence-electron chi connectivity index (χ4n) is 1.45. The molecule has 0 saturated heterocycles. The van der Waals surface area contributed by atoms with E-state index in [-0.39, 0.29) is 0 Å². The van der Waals surface area contributed by atoms with Crippen molar-refractivity contribution in [3.8, 4) is 0 Å². The van der Waals surface area contributed by atoms with Gasteiger partial charge in [0.2, 0.25) is 0 Å². The topological polar surface area (TPSA) is 12.0 Å². The van der Waals surface area contributed by atoms with Crippen LogP contribution in [0.3, 0.4) is 0 Å².